The molecule has 1 fully saturated rings. The van der Waals surface area contributed by atoms with Gasteiger partial charge >= 0.3 is 0 Å². The topological polar surface area (TPSA) is 86.0 Å². The highest BCUT2D eigenvalue weighted by atomic mass is 16.5. The molecular weight excluding hydrogens is 404 g/mol. The predicted molar refractivity (Wildman–Crippen MR) is 121 cm³/mol. The average Bonchev–Trinajstić information content (AvgIpc) is 2.87. The molecule has 0 saturated carbocycles. The smallest absolute Gasteiger partial charge is 0.255 e. The number of ether oxygens (including phenoxy) is 1. The molecule has 8 nitrogen and oxygen atoms in total. The number of hydrogen-bond donors (Lipinski definition) is 0. The zero-order valence-electron chi connectivity index (χ0n) is 17.6. The molecule has 4 aromatic rings. The first kappa shape index (κ1) is 20.0. The lowest BCUT2D eigenvalue weighted by molar-refractivity contribution is 0.0390. The maximum atomic E-state index is 12.6. The van der Waals surface area contributed by atoms with Crippen molar-refractivity contribution in [1.82, 2.24) is 24.5 Å². The fraction of sp³-hybridized carbons (Fsp3) is 0.208. The maximum absolute atomic E-state index is 12.6. The Labute approximate surface area is 185 Å². The monoisotopic (exact) mass is 426 g/mol. The van der Waals surface area contributed by atoms with Crippen molar-refractivity contribution in [2.24, 2.45) is 7.05 Å². The molecule has 3 aromatic heterocycles. The highest BCUT2D eigenvalue weighted by molar-refractivity contribution is 5.62. The molecule has 160 valence electrons. The van der Waals surface area contributed by atoms with Crippen LogP contribution >= 0.6 is 0 Å². The standard InChI is InChI=1S/C24H22N6O2/c1-29-23(31)13-21(20-8-10-26-16-27-20)28-24(29)30-11-12-32-22(15-30)18-6-4-17(5-7-18)19-3-2-9-25-14-19/h2-10,13-14,16,22H,11-12,15H2,1H3. The molecule has 1 aromatic carbocycles. The molecule has 0 radical (unpaired) electrons. The Morgan fingerprint density at radius 1 is 1.00 bits per heavy atom. The number of rotatable bonds is 4. The lowest BCUT2D eigenvalue weighted by Gasteiger charge is -2.34. The first-order valence-corrected chi connectivity index (χ1v) is 10.4. The molecule has 5 rings (SSSR count). The number of morpholine rings is 1. The third-order valence-electron chi connectivity index (χ3n) is 5.58. The van der Waals surface area contributed by atoms with Gasteiger partial charge in [-0.25, -0.2) is 15.0 Å². The Hall–Kier alpha value is -3.91. The zero-order chi connectivity index (χ0) is 21.9. The average molecular weight is 426 g/mol. The molecule has 1 saturated heterocycles. The van der Waals surface area contributed by atoms with Gasteiger partial charge in [0.15, 0.2) is 0 Å². The molecule has 1 aliphatic heterocycles. The lowest BCUT2D eigenvalue weighted by atomic mass is 10.0. The van der Waals surface area contributed by atoms with Crippen LogP contribution in [0.2, 0.25) is 0 Å². The second kappa shape index (κ2) is 8.68. The van der Waals surface area contributed by atoms with Gasteiger partial charge in [-0.15, -0.1) is 0 Å². The van der Waals surface area contributed by atoms with Gasteiger partial charge in [0.25, 0.3) is 5.56 Å². The van der Waals surface area contributed by atoms with E-state index in [1.807, 2.05) is 18.3 Å². The summed E-state index contributed by atoms with van der Waals surface area (Å²) in [6.07, 6.45) is 6.59. The van der Waals surface area contributed by atoms with E-state index in [1.54, 1.807) is 30.1 Å². The molecule has 8 heteroatoms. The summed E-state index contributed by atoms with van der Waals surface area (Å²) in [7, 11) is 1.74. The number of nitrogens with zero attached hydrogens (tertiary/aromatic N) is 6. The molecule has 1 aliphatic rings. The first-order valence-electron chi connectivity index (χ1n) is 10.4. The van der Waals surface area contributed by atoms with Gasteiger partial charge in [-0.3, -0.25) is 14.3 Å². The van der Waals surface area contributed by atoms with Crippen LogP contribution in [0.25, 0.3) is 22.5 Å². The molecule has 1 atom stereocenters. The molecule has 0 spiro atoms. The van der Waals surface area contributed by atoms with Crippen LogP contribution in [0, 0.1) is 0 Å². The highest BCUT2D eigenvalue weighted by Crippen LogP contribution is 2.27. The number of hydrogen-bond acceptors (Lipinski definition) is 7. The van der Waals surface area contributed by atoms with Crippen LogP contribution in [-0.4, -0.2) is 44.2 Å². The lowest BCUT2D eigenvalue weighted by Crippen LogP contribution is -2.41. The number of pyridine rings is 1. The van der Waals surface area contributed by atoms with Crippen molar-refractivity contribution in [3.8, 4) is 22.5 Å². The van der Waals surface area contributed by atoms with E-state index in [9.17, 15) is 4.79 Å². The van der Waals surface area contributed by atoms with Crippen molar-refractivity contribution in [3.63, 3.8) is 0 Å². The Bertz CT molecular complexity index is 1260. The largest absolute Gasteiger partial charge is 0.370 e. The summed E-state index contributed by atoms with van der Waals surface area (Å²) < 4.78 is 7.62. The van der Waals surface area contributed by atoms with Crippen LogP contribution in [0.1, 0.15) is 11.7 Å². The van der Waals surface area contributed by atoms with Gasteiger partial charge in [-0.1, -0.05) is 30.3 Å². The summed E-state index contributed by atoms with van der Waals surface area (Å²) in [5.74, 6) is 0.603. The van der Waals surface area contributed by atoms with E-state index in [1.165, 1.54) is 12.4 Å². The van der Waals surface area contributed by atoms with Gasteiger partial charge in [0, 0.05) is 38.2 Å². The van der Waals surface area contributed by atoms with E-state index < -0.39 is 0 Å². The highest BCUT2D eigenvalue weighted by Gasteiger charge is 2.25. The van der Waals surface area contributed by atoms with Gasteiger partial charge in [0.2, 0.25) is 5.95 Å². The van der Waals surface area contributed by atoms with Gasteiger partial charge in [-0.2, -0.15) is 0 Å². The van der Waals surface area contributed by atoms with Crippen LogP contribution < -0.4 is 10.5 Å². The van der Waals surface area contributed by atoms with E-state index in [0.717, 1.165) is 16.7 Å². The Kier molecular flexibility index (Phi) is 5.43. The molecule has 4 heterocycles. The van der Waals surface area contributed by atoms with Gasteiger partial charge < -0.3 is 9.64 Å². The van der Waals surface area contributed by atoms with Crippen LogP contribution in [0.5, 0.6) is 0 Å². The second-order valence-electron chi connectivity index (χ2n) is 7.60. The Balaban J connectivity index is 1.41. The van der Waals surface area contributed by atoms with Crippen molar-refractivity contribution < 1.29 is 4.74 Å². The van der Waals surface area contributed by atoms with Crippen LogP contribution in [0.4, 0.5) is 5.95 Å². The third-order valence-corrected chi connectivity index (χ3v) is 5.58. The molecule has 1 unspecified atom stereocenters. The van der Waals surface area contributed by atoms with E-state index in [0.29, 0.717) is 37.0 Å². The van der Waals surface area contributed by atoms with Crippen LogP contribution in [0.3, 0.4) is 0 Å². The fourth-order valence-electron chi connectivity index (χ4n) is 3.84. The van der Waals surface area contributed by atoms with Crippen molar-refractivity contribution >= 4 is 5.95 Å². The van der Waals surface area contributed by atoms with Crippen LogP contribution in [0.15, 0.2) is 78.2 Å². The van der Waals surface area contributed by atoms with Gasteiger partial charge in [-0.05, 0) is 28.8 Å². The van der Waals surface area contributed by atoms with E-state index in [4.69, 9.17) is 9.72 Å². The van der Waals surface area contributed by atoms with Crippen molar-refractivity contribution in [3.05, 3.63) is 89.4 Å². The number of aromatic nitrogens is 5. The second-order valence-corrected chi connectivity index (χ2v) is 7.60. The third kappa shape index (κ3) is 4.00. The fourth-order valence-corrected chi connectivity index (χ4v) is 3.84. The van der Waals surface area contributed by atoms with Crippen molar-refractivity contribution in [2.45, 2.75) is 6.10 Å². The summed E-state index contributed by atoms with van der Waals surface area (Å²) >= 11 is 0. The summed E-state index contributed by atoms with van der Waals surface area (Å²) in [5, 5.41) is 0. The van der Waals surface area contributed by atoms with Crippen molar-refractivity contribution in [1.29, 1.82) is 0 Å². The Morgan fingerprint density at radius 3 is 2.62 bits per heavy atom. The minimum atomic E-state index is -0.132. The number of anilines is 1. The van der Waals surface area contributed by atoms with Crippen LogP contribution in [-0.2, 0) is 11.8 Å². The molecular formula is C24H22N6O2. The maximum Gasteiger partial charge on any atom is 0.255 e. The van der Waals surface area contributed by atoms with E-state index in [-0.39, 0.29) is 11.7 Å². The minimum Gasteiger partial charge on any atom is -0.370 e. The minimum absolute atomic E-state index is 0.119. The summed E-state index contributed by atoms with van der Waals surface area (Å²) in [6.45, 7) is 1.79. The summed E-state index contributed by atoms with van der Waals surface area (Å²) in [6, 6.07) is 15.5. The predicted octanol–water partition coefficient (Wildman–Crippen LogP) is 2.88. The Morgan fingerprint density at radius 2 is 1.88 bits per heavy atom. The van der Waals surface area contributed by atoms with Gasteiger partial charge in [0.1, 0.15) is 12.4 Å². The summed E-state index contributed by atoms with van der Waals surface area (Å²) in [5.41, 5.74) is 4.29. The molecule has 32 heavy (non-hydrogen) atoms. The van der Waals surface area contributed by atoms with E-state index in [2.05, 4.69) is 44.1 Å². The normalized spacial score (nSPS) is 16.2. The van der Waals surface area contributed by atoms with Crippen molar-refractivity contribution in [2.75, 3.05) is 24.6 Å². The SMILES string of the molecule is Cn1c(N2CCOC(c3ccc(-c4cccnc4)cc3)C2)nc(-c2ccncn2)cc1=O. The van der Waals surface area contributed by atoms with Gasteiger partial charge in [0.05, 0.1) is 24.5 Å². The molecule has 0 bridgehead atoms. The van der Waals surface area contributed by atoms with E-state index >= 15 is 0 Å². The number of benzene rings is 1. The zero-order valence-corrected chi connectivity index (χ0v) is 17.6. The molecule has 0 N–H and O–H groups in total. The summed E-state index contributed by atoms with van der Waals surface area (Å²) in [4.78, 5) is 31.8. The quantitative estimate of drug-likeness (QED) is 0.496. The molecule has 0 amide bonds. The molecule has 0 aliphatic carbocycles. The first-order chi connectivity index (χ1) is 15.7.